The third kappa shape index (κ3) is 3.27. The minimum atomic E-state index is -3.70. The number of benzene rings is 1. The van der Waals surface area contributed by atoms with Gasteiger partial charge >= 0.3 is 0 Å². The van der Waals surface area contributed by atoms with E-state index >= 15 is 0 Å². The first-order valence-corrected chi connectivity index (χ1v) is 7.81. The molecule has 0 aliphatic rings. The fraction of sp³-hybridized carbons (Fsp3) is 0.286. The Labute approximate surface area is 118 Å². The summed E-state index contributed by atoms with van der Waals surface area (Å²) in [5.74, 6) is 0.222. The number of sulfonamides is 1. The molecule has 1 heterocycles. The van der Waals surface area contributed by atoms with Gasteiger partial charge in [-0.1, -0.05) is 31.2 Å². The lowest BCUT2D eigenvalue weighted by atomic mass is 10.1. The summed E-state index contributed by atoms with van der Waals surface area (Å²) in [5, 5.41) is 8.70. The minimum absolute atomic E-state index is 0.185. The van der Waals surface area contributed by atoms with Crippen molar-refractivity contribution in [3.8, 4) is 0 Å². The molecule has 0 amide bonds. The number of aryl methyl sites for hydroxylation is 1. The van der Waals surface area contributed by atoms with Crippen LogP contribution < -0.4 is 4.72 Å². The van der Waals surface area contributed by atoms with Gasteiger partial charge in [-0.05, 0) is 29.7 Å². The van der Waals surface area contributed by atoms with E-state index < -0.39 is 10.0 Å². The Morgan fingerprint density at radius 1 is 1.15 bits per heavy atom. The van der Waals surface area contributed by atoms with Gasteiger partial charge in [0, 0.05) is 6.54 Å². The average molecular weight is 295 g/mol. The minimum Gasteiger partial charge on any atom is -0.446 e. The normalized spacial score (nSPS) is 11.7. The maximum absolute atomic E-state index is 12.0. The molecule has 5 nitrogen and oxygen atoms in total. The van der Waals surface area contributed by atoms with E-state index in [1.807, 2.05) is 31.2 Å². The molecule has 0 radical (unpaired) electrons. The van der Waals surface area contributed by atoms with Crippen LogP contribution in [0.5, 0.6) is 0 Å². The number of rotatable bonds is 6. The van der Waals surface area contributed by atoms with Crippen molar-refractivity contribution in [1.82, 2.24) is 4.72 Å². The third-order valence-electron chi connectivity index (χ3n) is 3.01. The van der Waals surface area contributed by atoms with Gasteiger partial charge in [0.05, 0.1) is 0 Å². The molecule has 108 valence electrons. The predicted octanol–water partition coefficient (Wildman–Crippen LogP) is 1.81. The first kappa shape index (κ1) is 14.8. The Hall–Kier alpha value is -1.63. The van der Waals surface area contributed by atoms with Crippen molar-refractivity contribution in [3.05, 3.63) is 53.3 Å². The van der Waals surface area contributed by atoms with E-state index in [0.717, 1.165) is 17.5 Å². The van der Waals surface area contributed by atoms with Crippen molar-refractivity contribution in [3.63, 3.8) is 0 Å². The van der Waals surface area contributed by atoms with Crippen molar-refractivity contribution >= 4 is 10.0 Å². The number of nitrogens with one attached hydrogen (secondary N) is 1. The van der Waals surface area contributed by atoms with Crippen molar-refractivity contribution in [2.75, 3.05) is 0 Å². The molecule has 0 unspecified atom stereocenters. The first-order chi connectivity index (χ1) is 9.56. The molecule has 2 rings (SSSR count). The molecule has 2 N–H and O–H groups in total. The van der Waals surface area contributed by atoms with Crippen LogP contribution in [0.15, 0.2) is 45.9 Å². The zero-order chi connectivity index (χ0) is 14.6. The van der Waals surface area contributed by atoms with E-state index in [0.29, 0.717) is 0 Å². The van der Waals surface area contributed by atoms with E-state index in [-0.39, 0.29) is 24.0 Å². The van der Waals surface area contributed by atoms with Crippen LogP contribution in [0.3, 0.4) is 0 Å². The molecule has 0 saturated heterocycles. The Kier molecular flexibility index (Phi) is 4.59. The molecular weight excluding hydrogens is 278 g/mol. The Morgan fingerprint density at radius 2 is 1.85 bits per heavy atom. The van der Waals surface area contributed by atoms with Crippen LogP contribution >= 0.6 is 0 Å². The third-order valence-corrected chi connectivity index (χ3v) is 4.28. The number of hydrogen-bond donors (Lipinski definition) is 2. The van der Waals surface area contributed by atoms with Gasteiger partial charge in [-0.3, -0.25) is 0 Å². The lowest BCUT2D eigenvalue weighted by molar-refractivity contribution is 0.236. The van der Waals surface area contributed by atoms with Gasteiger partial charge < -0.3 is 9.52 Å². The van der Waals surface area contributed by atoms with Crippen LogP contribution in [0.2, 0.25) is 0 Å². The first-order valence-electron chi connectivity index (χ1n) is 6.33. The Morgan fingerprint density at radius 3 is 2.45 bits per heavy atom. The zero-order valence-electron chi connectivity index (χ0n) is 11.2. The summed E-state index contributed by atoms with van der Waals surface area (Å²) in [7, 11) is -3.70. The second kappa shape index (κ2) is 6.21. The quantitative estimate of drug-likeness (QED) is 0.852. The second-order valence-electron chi connectivity index (χ2n) is 4.33. The molecule has 0 bridgehead atoms. The highest BCUT2D eigenvalue weighted by atomic mass is 32.2. The summed E-state index contributed by atoms with van der Waals surface area (Å²) in [6.45, 7) is 1.91. The van der Waals surface area contributed by atoms with E-state index in [4.69, 9.17) is 9.52 Å². The monoisotopic (exact) mass is 295 g/mol. The average Bonchev–Trinajstić information content (AvgIpc) is 2.95. The molecule has 2 aromatic rings. The van der Waals surface area contributed by atoms with Gasteiger partial charge in [-0.2, -0.15) is 0 Å². The number of hydrogen-bond acceptors (Lipinski definition) is 4. The topological polar surface area (TPSA) is 79.5 Å². The van der Waals surface area contributed by atoms with Crippen LogP contribution in [0.1, 0.15) is 23.8 Å². The van der Waals surface area contributed by atoms with Gasteiger partial charge in [-0.15, -0.1) is 0 Å². The fourth-order valence-corrected chi connectivity index (χ4v) is 2.86. The molecule has 0 fully saturated rings. The Bertz CT molecular complexity index is 676. The van der Waals surface area contributed by atoms with Gasteiger partial charge in [0.25, 0.3) is 10.0 Å². The van der Waals surface area contributed by atoms with Gasteiger partial charge in [0.2, 0.25) is 5.09 Å². The molecule has 0 aliphatic carbocycles. The maximum atomic E-state index is 12.0. The van der Waals surface area contributed by atoms with Crippen LogP contribution in [-0.2, 0) is 29.6 Å². The predicted molar refractivity (Wildman–Crippen MR) is 74.5 cm³/mol. The standard InChI is InChI=1S/C14H17NO4S/c1-2-11-5-3-4-6-12(11)9-15-20(17,18)14-8-7-13(10-16)19-14/h3-8,15-16H,2,9-10H2,1H3. The van der Waals surface area contributed by atoms with Crippen LogP contribution in [0.4, 0.5) is 0 Å². The largest absolute Gasteiger partial charge is 0.446 e. The zero-order valence-corrected chi connectivity index (χ0v) is 12.0. The summed E-state index contributed by atoms with van der Waals surface area (Å²) >= 11 is 0. The van der Waals surface area contributed by atoms with Crippen molar-refractivity contribution in [2.45, 2.75) is 31.6 Å². The van der Waals surface area contributed by atoms with Gasteiger partial charge in [0.1, 0.15) is 12.4 Å². The number of aliphatic hydroxyl groups is 1. The van der Waals surface area contributed by atoms with E-state index in [9.17, 15) is 8.42 Å². The van der Waals surface area contributed by atoms with E-state index in [2.05, 4.69) is 4.72 Å². The van der Waals surface area contributed by atoms with Crippen LogP contribution in [0.25, 0.3) is 0 Å². The summed E-state index contributed by atoms with van der Waals surface area (Å²) < 4.78 is 31.6. The molecule has 0 spiro atoms. The maximum Gasteiger partial charge on any atom is 0.274 e. The van der Waals surface area contributed by atoms with Crippen molar-refractivity contribution < 1.29 is 17.9 Å². The molecular formula is C14H17NO4S. The van der Waals surface area contributed by atoms with Gasteiger partial charge in [-0.25, -0.2) is 13.1 Å². The molecule has 20 heavy (non-hydrogen) atoms. The van der Waals surface area contributed by atoms with Gasteiger partial charge in [0.15, 0.2) is 0 Å². The van der Waals surface area contributed by atoms with E-state index in [1.165, 1.54) is 12.1 Å². The molecule has 6 heteroatoms. The second-order valence-corrected chi connectivity index (χ2v) is 6.02. The lowest BCUT2D eigenvalue weighted by Crippen LogP contribution is -2.23. The highest BCUT2D eigenvalue weighted by Gasteiger charge is 2.18. The Balaban J connectivity index is 2.13. The summed E-state index contributed by atoms with van der Waals surface area (Å²) in [5.41, 5.74) is 2.04. The van der Waals surface area contributed by atoms with Crippen molar-refractivity contribution in [2.24, 2.45) is 0 Å². The highest BCUT2D eigenvalue weighted by Crippen LogP contribution is 2.15. The van der Waals surface area contributed by atoms with Crippen LogP contribution in [-0.4, -0.2) is 13.5 Å². The molecule has 1 aromatic heterocycles. The van der Waals surface area contributed by atoms with E-state index in [1.54, 1.807) is 0 Å². The molecule has 0 aliphatic heterocycles. The summed E-state index contributed by atoms with van der Waals surface area (Å²) in [6, 6.07) is 10.4. The van der Waals surface area contributed by atoms with Crippen molar-refractivity contribution in [1.29, 1.82) is 0 Å². The summed E-state index contributed by atoms with van der Waals surface area (Å²) in [6.07, 6.45) is 0.841. The lowest BCUT2D eigenvalue weighted by Gasteiger charge is -2.08. The fourth-order valence-electron chi connectivity index (χ4n) is 1.91. The smallest absolute Gasteiger partial charge is 0.274 e. The molecule has 0 saturated carbocycles. The highest BCUT2D eigenvalue weighted by molar-refractivity contribution is 7.89. The molecule has 0 atom stereocenters. The SMILES string of the molecule is CCc1ccccc1CNS(=O)(=O)c1ccc(CO)o1. The van der Waals surface area contributed by atoms with Crippen LogP contribution in [0, 0.1) is 0 Å². The number of aliphatic hydroxyl groups excluding tert-OH is 1. The number of furan rings is 1. The summed E-state index contributed by atoms with van der Waals surface area (Å²) in [4.78, 5) is 0. The molecule has 1 aromatic carbocycles.